The summed E-state index contributed by atoms with van der Waals surface area (Å²) >= 11 is 7.17. The van der Waals surface area contributed by atoms with Gasteiger partial charge in [0.05, 0.1) is 11.8 Å². The molecule has 0 fully saturated rings. The molecule has 3 aromatic rings. The van der Waals surface area contributed by atoms with Crippen LogP contribution in [0.1, 0.15) is 41.6 Å². The minimum atomic E-state index is -0.402. The highest BCUT2D eigenvalue weighted by Crippen LogP contribution is 2.22. The smallest absolute Gasteiger partial charge is 0.251 e. The Morgan fingerprint density at radius 3 is 2.48 bits per heavy atom. The molecule has 0 aliphatic rings. The third kappa shape index (κ3) is 6.69. The number of nitrogens with zero attached hydrogens (tertiary/aromatic N) is 3. The monoisotopic (exact) mass is 483 g/mol. The van der Waals surface area contributed by atoms with E-state index in [0.29, 0.717) is 28.1 Å². The van der Waals surface area contributed by atoms with Crippen molar-refractivity contribution in [2.24, 2.45) is 0 Å². The molecule has 3 rings (SSSR count). The molecule has 0 radical (unpaired) electrons. The summed E-state index contributed by atoms with van der Waals surface area (Å²) in [6.07, 6.45) is 2.67. The van der Waals surface area contributed by atoms with Crippen molar-refractivity contribution < 1.29 is 9.59 Å². The summed E-state index contributed by atoms with van der Waals surface area (Å²) in [5.74, 6) is 0.379. The zero-order chi connectivity index (χ0) is 23.8. The standard InChI is InChI=1S/C24H26ClN5O2S/c1-4-14-30-22(16(3)26-23(32)18-8-10-19(25)11-9-18)28-29-24(30)33-15-21(31)27-20-12-6-17(5-2)7-13-20/h4,6-13,16H,1,5,14-15H2,2-3H3,(H,26,32)(H,27,31)/t16-/m1/s1. The van der Waals surface area contributed by atoms with Crippen LogP contribution in [-0.4, -0.2) is 32.3 Å². The summed E-state index contributed by atoms with van der Waals surface area (Å²) in [7, 11) is 0. The van der Waals surface area contributed by atoms with Crippen LogP contribution in [0.25, 0.3) is 0 Å². The van der Waals surface area contributed by atoms with Crippen molar-refractivity contribution in [2.75, 3.05) is 11.1 Å². The van der Waals surface area contributed by atoms with Gasteiger partial charge in [0.1, 0.15) is 0 Å². The summed E-state index contributed by atoms with van der Waals surface area (Å²) in [6, 6.07) is 14.0. The lowest BCUT2D eigenvalue weighted by atomic mass is 10.1. The van der Waals surface area contributed by atoms with Gasteiger partial charge >= 0.3 is 0 Å². The van der Waals surface area contributed by atoms with E-state index >= 15 is 0 Å². The first-order valence-corrected chi connectivity index (χ1v) is 11.9. The van der Waals surface area contributed by atoms with Crippen molar-refractivity contribution >= 4 is 40.9 Å². The maximum absolute atomic E-state index is 12.6. The molecule has 0 saturated heterocycles. The summed E-state index contributed by atoms with van der Waals surface area (Å²) in [5, 5.41) is 15.4. The van der Waals surface area contributed by atoms with E-state index < -0.39 is 6.04 Å². The van der Waals surface area contributed by atoms with Crippen molar-refractivity contribution in [1.82, 2.24) is 20.1 Å². The molecule has 0 aliphatic heterocycles. The molecule has 7 nitrogen and oxygen atoms in total. The molecular formula is C24H26ClN5O2S. The van der Waals surface area contributed by atoms with Crippen LogP contribution in [0.4, 0.5) is 5.69 Å². The number of aryl methyl sites for hydroxylation is 1. The number of aromatic nitrogens is 3. The predicted octanol–water partition coefficient (Wildman–Crippen LogP) is 4.90. The maximum atomic E-state index is 12.6. The third-order valence-corrected chi connectivity index (χ3v) is 6.10. The van der Waals surface area contributed by atoms with Crippen LogP contribution in [-0.2, 0) is 17.8 Å². The van der Waals surface area contributed by atoms with E-state index in [2.05, 4.69) is 34.3 Å². The highest BCUT2D eigenvalue weighted by atomic mass is 35.5. The van der Waals surface area contributed by atoms with E-state index in [9.17, 15) is 9.59 Å². The van der Waals surface area contributed by atoms with Gasteiger partial charge in [0.2, 0.25) is 5.91 Å². The second-order valence-electron chi connectivity index (χ2n) is 7.33. The highest BCUT2D eigenvalue weighted by molar-refractivity contribution is 7.99. The number of allylic oxidation sites excluding steroid dienone is 1. The van der Waals surface area contributed by atoms with Crippen LogP contribution in [0.3, 0.4) is 0 Å². The molecule has 0 bridgehead atoms. The largest absolute Gasteiger partial charge is 0.342 e. The number of benzene rings is 2. The number of carbonyl (C=O) groups excluding carboxylic acids is 2. The summed E-state index contributed by atoms with van der Waals surface area (Å²) in [4.78, 5) is 25.0. The van der Waals surface area contributed by atoms with Crippen LogP contribution >= 0.6 is 23.4 Å². The zero-order valence-electron chi connectivity index (χ0n) is 18.5. The van der Waals surface area contributed by atoms with Crippen LogP contribution in [0.2, 0.25) is 5.02 Å². The van der Waals surface area contributed by atoms with Gasteiger partial charge in [-0.15, -0.1) is 16.8 Å². The van der Waals surface area contributed by atoms with E-state index in [0.717, 1.165) is 12.1 Å². The molecule has 1 atom stereocenters. The zero-order valence-corrected chi connectivity index (χ0v) is 20.1. The quantitative estimate of drug-likeness (QED) is 0.316. The molecule has 33 heavy (non-hydrogen) atoms. The maximum Gasteiger partial charge on any atom is 0.251 e. The number of rotatable bonds is 10. The summed E-state index contributed by atoms with van der Waals surface area (Å²) in [6.45, 7) is 8.16. The molecule has 2 N–H and O–H groups in total. The van der Waals surface area contributed by atoms with Gasteiger partial charge in [0, 0.05) is 22.8 Å². The lowest BCUT2D eigenvalue weighted by molar-refractivity contribution is -0.113. The predicted molar refractivity (Wildman–Crippen MR) is 133 cm³/mol. The van der Waals surface area contributed by atoms with Crippen LogP contribution in [0.5, 0.6) is 0 Å². The van der Waals surface area contributed by atoms with Gasteiger partial charge in [-0.2, -0.15) is 0 Å². The van der Waals surface area contributed by atoms with Gasteiger partial charge in [-0.3, -0.25) is 9.59 Å². The Morgan fingerprint density at radius 2 is 1.85 bits per heavy atom. The molecule has 0 spiro atoms. The molecule has 9 heteroatoms. The fourth-order valence-corrected chi connectivity index (χ4v) is 4.01. The van der Waals surface area contributed by atoms with E-state index in [1.807, 2.05) is 35.8 Å². The Bertz CT molecular complexity index is 1110. The number of thioether (sulfide) groups is 1. The number of amides is 2. The van der Waals surface area contributed by atoms with Gasteiger partial charge in [0.15, 0.2) is 11.0 Å². The normalized spacial score (nSPS) is 11.6. The minimum Gasteiger partial charge on any atom is -0.342 e. The van der Waals surface area contributed by atoms with Gasteiger partial charge in [-0.25, -0.2) is 0 Å². The fraction of sp³-hybridized carbons (Fsp3) is 0.250. The molecule has 0 aliphatic carbocycles. The molecular weight excluding hydrogens is 458 g/mol. The van der Waals surface area contributed by atoms with E-state index in [-0.39, 0.29) is 17.6 Å². The average molecular weight is 484 g/mol. The van der Waals surface area contributed by atoms with Crippen molar-refractivity contribution in [3.05, 3.63) is 83.2 Å². The lowest BCUT2D eigenvalue weighted by Gasteiger charge is -2.15. The van der Waals surface area contributed by atoms with Gasteiger partial charge in [0.25, 0.3) is 5.91 Å². The molecule has 0 unspecified atom stereocenters. The summed E-state index contributed by atoms with van der Waals surface area (Å²) < 4.78 is 1.84. The van der Waals surface area contributed by atoms with Gasteiger partial charge in [-0.05, 0) is 55.3 Å². The van der Waals surface area contributed by atoms with Crippen molar-refractivity contribution in [3.8, 4) is 0 Å². The Kier molecular flexibility index (Phi) is 8.68. The Labute approximate surface area is 202 Å². The molecule has 2 aromatic carbocycles. The SMILES string of the molecule is C=CCn1c(SCC(=O)Nc2ccc(CC)cc2)nnc1[C@@H](C)NC(=O)c1ccc(Cl)cc1. The first kappa shape index (κ1) is 24.5. The average Bonchev–Trinajstić information content (AvgIpc) is 3.21. The molecule has 172 valence electrons. The first-order valence-electron chi connectivity index (χ1n) is 10.5. The lowest BCUT2D eigenvalue weighted by Crippen LogP contribution is -2.28. The Balaban J connectivity index is 1.64. The van der Waals surface area contributed by atoms with E-state index in [1.165, 1.54) is 17.3 Å². The molecule has 1 heterocycles. The third-order valence-electron chi connectivity index (χ3n) is 4.88. The van der Waals surface area contributed by atoms with Gasteiger partial charge < -0.3 is 15.2 Å². The molecule has 2 amide bonds. The number of carbonyl (C=O) groups is 2. The number of halogens is 1. The Morgan fingerprint density at radius 1 is 1.15 bits per heavy atom. The van der Waals surface area contributed by atoms with Crippen LogP contribution in [0, 0.1) is 0 Å². The van der Waals surface area contributed by atoms with Crippen molar-refractivity contribution in [2.45, 2.75) is 38.0 Å². The second kappa shape index (κ2) is 11.7. The van der Waals surface area contributed by atoms with Crippen LogP contribution in [0.15, 0.2) is 66.3 Å². The number of hydrogen-bond donors (Lipinski definition) is 2. The second-order valence-corrected chi connectivity index (χ2v) is 8.71. The first-order chi connectivity index (χ1) is 15.9. The van der Waals surface area contributed by atoms with E-state index in [4.69, 9.17) is 11.6 Å². The number of hydrogen-bond acceptors (Lipinski definition) is 5. The van der Waals surface area contributed by atoms with Crippen molar-refractivity contribution in [1.29, 1.82) is 0 Å². The van der Waals surface area contributed by atoms with Crippen molar-refractivity contribution in [3.63, 3.8) is 0 Å². The fourth-order valence-electron chi connectivity index (χ4n) is 3.12. The summed E-state index contributed by atoms with van der Waals surface area (Å²) in [5.41, 5.74) is 2.47. The molecule has 0 saturated carbocycles. The highest BCUT2D eigenvalue weighted by Gasteiger charge is 2.20. The van der Waals surface area contributed by atoms with Gasteiger partial charge in [-0.1, -0.05) is 48.5 Å². The molecule has 1 aromatic heterocycles. The Hall–Kier alpha value is -3.10. The number of anilines is 1. The topological polar surface area (TPSA) is 88.9 Å². The van der Waals surface area contributed by atoms with Crippen LogP contribution < -0.4 is 10.6 Å². The number of nitrogens with one attached hydrogen (secondary N) is 2. The van der Waals surface area contributed by atoms with E-state index in [1.54, 1.807) is 30.3 Å². The minimum absolute atomic E-state index is 0.136.